The maximum atomic E-state index is 12.7. The largest absolute Gasteiger partial charge is 0.487 e. The molecule has 2 amide bonds. The Balaban J connectivity index is 1.61. The number of carbonyl (C=O) groups excluding carboxylic acids is 2. The summed E-state index contributed by atoms with van der Waals surface area (Å²) in [7, 11) is 0. The fraction of sp³-hybridized carbons (Fsp3) is 0.429. The average molecular weight is 385 g/mol. The van der Waals surface area contributed by atoms with Crippen molar-refractivity contribution in [1.82, 2.24) is 10.2 Å². The van der Waals surface area contributed by atoms with E-state index < -0.39 is 5.60 Å². The number of rotatable bonds is 3. The maximum absolute atomic E-state index is 12.7. The summed E-state index contributed by atoms with van der Waals surface area (Å²) < 4.78 is 6.46. The fourth-order valence-electron chi connectivity index (χ4n) is 4.11. The van der Waals surface area contributed by atoms with Gasteiger partial charge in [0.1, 0.15) is 11.4 Å². The Bertz CT molecular complexity index is 836. The van der Waals surface area contributed by atoms with Crippen molar-refractivity contribution < 1.29 is 14.3 Å². The summed E-state index contributed by atoms with van der Waals surface area (Å²) in [6.45, 7) is 3.43. The van der Waals surface area contributed by atoms with Crippen LogP contribution < -0.4 is 10.1 Å². The second kappa shape index (κ2) is 7.35. The minimum absolute atomic E-state index is 0.0539. The minimum Gasteiger partial charge on any atom is -0.487 e. The van der Waals surface area contributed by atoms with Crippen LogP contribution in [0.2, 0.25) is 0 Å². The third-order valence-electron chi connectivity index (χ3n) is 5.61. The molecule has 3 heterocycles. The van der Waals surface area contributed by atoms with Gasteiger partial charge in [-0.25, -0.2) is 0 Å². The van der Waals surface area contributed by atoms with E-state index in [-0.39, 0.29) is 17.9 Å². The van der Waals surface area contributed by atoms with Crippen LogP contribution in [-0.2, 0) is 4.79 Å². The lowest BCUT2D eigenvalue weighted by Crippen LogP contribution is -2.45. The summed E-state index contributed by atoms with van der Waals surface area (Å²) >= 11 is 1.44. The molecule has 6 heteroatoms. The smallest absolute Gasteiger partial charge is 0.261 e. The van der Waals surface area contributed by atoms with Gasteiger partial charge in [-0.2, -0.15) is 0 Å². The number of benzene rings is 1. The van der Waals surface area contributed by atoms with E-state index in [2.05, 4.69) is 5.32 Å². The van der Waals surface area contributed by atoms with Gasteiger partial charge < -0.3 is 15.0 Å². The zero-order valence-electron chi connectivity index (χ0n) is 15.4. The van der Waals surface area contributed by atoms with E-state index in [0.717, 1.165) is 24.3 Å². The van der Waals surface area contributed by atoms with Gasteiger partial charge in [0, 0.05) is 37.9 Å². The van der Waals surface area contributed by atoms with Crippen molar-refractivity contribution in [3.05, 3.63) is 52.2 Å². The van der Waals surface area contributed by atoms with Crippen molar-refractivity contribution in [2.45, 2.75) is 44.2 Å². The van der Waals surface area contributed by atoms with Crippen molar-refractivity contribution in [2.24, 2.45) is 0 Å². The third kappa shape index (κ3) is 3.58. The lowest BCUT2D eigenvalue weighted by Gasteiger charge is -2.42. The minimum atomic E-state index is -0.415. The van der Waals surface area contributed by atoms with Gasteiger partial charge in [-0.3, -0.25) is 9.59 Å². The Morgan fingerprint density at radius 1 is 1.30 bits per heavy atom. The first-order valence-electron chi connectivity index (χ1n) is 9.50. The Morgan fingerprint density at radius 2 is 2.15 bits per heavy atom. The molecule has 2 atom stereocenters. The SMILES string of the molecule is CCN1CCC2(CCC1=O)CC(NC(=O)c1cccs1)c1ccccc1O2. The molecule has 142 valence electrons. The third-order valence-corrected chi connectivity index (χ3v) is 6.48. The lowest BCUT2D eigenvalue weighted by molar-refractivity contribution is -0.130. The van der Waals surface area contributed by atoms with Crippen LogP contribution in [0.25, 0.3) is 0 Å². The number of fused-ring (bicyclic) bond motifs is 1. The normalized spacial score (nSPS) is 24.9. The van der Waals surface area contributed by atoms with Gasteiger partial charge in [0.2, 0.25) is 5.91 Å². The lowest BCUT2D eigenvalue weighted by atomic mass is 9.82. The van der Waals surface area contributed by atoms with E-state index in [4.69, 9.17) is 4.74 Å². The first kappa shape index (κ1) is 18.0. The molecule has 0 saturated carbocycles. The van der Waals surface area contributed by atoms with Crippen LogP contribution in [0.5, 0.6) is 5.75 Å². The van der Waals surface area contributed by atoms with E-state index in [0.29, 0.717) is 30.7 Å². The molecule has 1 N–H and O–H groups in total. The second-order valence-electron chi connectivity index (χ2n) is 7.25. The summed E-state index contributed by atoms with van der Waals surface area (Å²) in [5.41, 5.74) is 0.595. The molecule has 0 radical (unpaired) electrons. The Hall–Kier alpha value is -2.34. The molecular weight excluding hydrogens is 360 g/mol. The number of nitrogens with one attached hydrogen (secondary N) is 1. The molecule has 0 bridgehead atoms. The molecule has 1 spiro atoms. The van der Waals surface area contributed by atoms with Crippen LogP contribution in [0, 0.1) is 0 Å². The summed E-state index contributed by atoms with van der Waals surface area (Å²) in [5, 5.41) is 5.11. The first-order valence-corrected chi connectivity index (χ1v) is 10.4. The van der Waals surface area contributed by atoms with E-state index in [9.17, 15) is 9.59 Å². The first-order chi connectivity index (χ1) is 13.1. The van der Waals surface area contributed by atoms with Crippen LogP contribution in [0.15, 0.2) is 41.8 Å². The Labute approximate surface area is 163 Å². The van der Waals surface area contributed by atoms with E-state index in [1.165, 1.54) is 11.3 Å². The predicted molar refractivity (Wildman–Crippen MR) is 105 cm³/mol. The molecular formula is C21H24N2O3S. The molecule has 0 aliphatic carbocycles. The summed E-state index contributed by atoms with van der Waals surface area (Å²) in [6, 6.07) is 11.5. The second-order valence-corrected chi connectivity index (χ2v) is 8.20. The zero-order valence-corrected chi connectivity index (χ0v) is 16.3. The average Bonchev–Trinajstić information content (AvgIpc) is 3.17. The highest BCUT2D eigenvalue weighted by atomic mass is 32.1. The monoisotopic (exact) mass is 384 g/mol. The molecule has 1 aromatic heterocycles. The van der Waals surface area contributed by atoms with Gasteiger partial charge in [-0.15, -0.1) is 11.3 Å². The van der Waals surface area contributed by atoms with Gasteiger partial charge in [0.25, 0.3) is 5.91 Å². The van der Waals surface area contributed by atoms with Crippen molar-refractivity contribution in [1.29, 1.82) is 0 Å². The molecule has 4 rings (SSSR count). The molecule has 2 unspecified atom stereocenters. The van der Waals surface area contributed by atoms with Crippen LogP contribution in [0.4, 0.5) is 0 Å². The van der Waals surface area contributed by atoms with Gasteiger partial charge in [0.05, 0.1) is 10.9 Å². The van der Waals surface area contributed by atoms with Crippen molar-refractivity contribution in [3.63, 3.8) is 0 Å². The highest BCUT2D eigenvalue weighted by molar-refractivity contribution is 7.12. The number of para-hydroxylation sites is 1. The summed E-state index contributed by atoms with van der Waals surface area (Å²) in [4.78, 5) is 27.6. The number of amides is 2. The highest BCUT2D eigenvalue weighted by Gasteiger charge is 2.43. The van der Waals surface area contributed by atoms with Gasteiger partial charge >= 0.3 is 0 Å². The quantitative estimate of drug-likeness (QED) is 0.876. The number of carbonyl (C=O) groups is 2. The number of ether oxygens (including phenoxy) is 1. The molecule has 2 aromatic rings. The van der Waals surface area contributed by atoms with Crippen LogP contribution in [0.3, 0.4) is 0 Å². The molecule has 27 heavy (non-hydrogen) atoms. The molecule has 1 fully saturated rings. The number of hydrogen-bond donors (Lipinski definition) is 1. The molecule has 1 saturated heterocycles. The highest BCUT2D eigenvalue weighted by Crippen LogP contribution is 2.44. The number of nitrogens with zero attached hydrogens (tertiary/aromatic N) is 1. The predicted octanol–water partition coefficient (Wildman–Crippen LogP) is 3.77. The van der Waals surface area contributed by atoms with E-state index in [1.54, 1.807) is 0 Å². The van der Waals surface area contributed by atoms with Gasteiger partial charge in [-0.1, -0.05) is 24.3 Å². The topological polar surface area (TPSA) is 58.6 Å². The molecule has 2 aliphatic heterocycles. The number of thiophene rings is 1. The number of likely N-dealkylation sites (tertiary alicyclic amines) is 1. The molecule has 5 nitrogen and oxygen atoms in total. The van der Waals surface area contributed by atoms with Crippen molar-refractivity contribution >= 4 is 23.2 Å². The summed E-state index contributed by atoms with van der Waals surface area (Å²) in [5.74, 6) is 0.954. The maximum Gasteiger partial charge on any atom is 0.261 e. The number of hydrogen-bond acceptors (Lipinski definition) is 4. The van der Waals surface area contributed by atoms with Gasteiger partial charge in [-0.05, 0) is 30.9 Å². The van der Waals surface area contributed by atoms with Crippen LogP contribution in [-0.4, -0.2) is 35.4 Å². The summed E-state index contributed by atoms with van der Waals surface area (Å²) in [6.07, 6.45) is 2.64. The zero-order chi connectivity index (χ0) is 18.9. The fourth-order valence-corrected chi connectivity index (χ4v) is 4.73. The van der Waals surface area contributed by atoms with E-state index in [1.807, 2.05) is 53.6 Å². The van der Waals surface area contributed by atoms with E-state index >= 15 is 0 Å². The van der Waals surface area contributed by atoms with Crippen LogP contribution in [0.1, 0.15) is 53.9 Å². The van der Waals surface area contributed by atoms with Crippen molar-refractivity contribution in [2.75, 3.05) is 13.1 Å². The Morgan fingerprint density at radius 3 is 2.93 bits per heavy atom. The Kier molecular flexibility index (Phi) is 4.91. The van der Waals surface area contributed by atoms with Gasteiger partial charge in [0.15, 0.2) is 0 Å². The van der Waals surface area contributed by atoms with Crippen molar-refractivity contribution in [3.8, 4) is 5.75 Å². The van der Waals surface area contributed by atoms with Crippen LogP contribution >= 0.6 is 11.3 Å². The molecule has 1 aromatic carbocycles. The standard InChI is InChI=1S/C21H24N2O3S/c1-2-23-12-11-21(10-9-19(23)24)14-16(15-6-3-4-7-17(15)26-21)22-20(25)18-8-5-13-27-18/h3-8,13,16H,2,9-12,14H2,1H3,(H,22,25). The molecule has 2 aliphatic rings.